The number of ether oxygens (including phenoxy) is 2. The van der Waals surface area contributed by atoms with E-state index in [9.17, 15) is 14.9 Å². The van der Waals surface area contributed by atoms with Gasteiger partial charge in [-0.1, -0.05) is 11.3 Å². The van der Waals surface area contributed by atoms with E-state index >= 15 is 0 Å². The summed E-state index contributed by atoms with van der Waals surface area (Å²) < 4.78 is 10.1. The Hall–Kier alpha value is -1.96. The number of esters is 1. The van der Waals surface area contributed by atoms with E-state index in [-0.39, 0.29) is 11.6 Å². The van der Waals surface area contributed by atoms with Crippen molar-refractivity contribution in [2.75, 3.05) is 6.61 Å². The molecule has 1 aliphatic rings. The summed E-state index contributed by atoms with van der Waals surface area (Å²) in [5.41, 5.74) is 0. The molecule has 2 heterocycles. The topological polar surface area (TPSA) is 91.0 Å². The summed E-state index contributed by atoms with van der Waals surface area (Å²) in [6.45, 7) is 1.95. The van der Waals surface area contributed by atoms with Gasteiger partial charge in [-0.25, -0.2) is 9.79 Å². The summed E-state index contributed by atoms with van der Waals surface area (Å²) in [5, 5.41) is 10.6. The van der Waals surface area contributed by atoms with Crippen molar-refractivity contribution in [2.24, 2.45) is 4.99 Å². The van der Waals surface area contributed by atoms with Crippen LogP contribution in [0.3, 0.4) is 0 Å². The first-order valence-electron chi connectivity index (χ1n) is 5.21. The van der Waals surface area contributed by atoms with Gasteiger partial charge >= 0.3 is 11.0 Å². The lowest BCUT2D eigenvalue weighted by atomic mass is 10.1. The molecule has 0 saturated heterocycles. The predicted octanol–water partition coefficient (Wildman–Crippen LogP) is 1.69. The average molecular weight is 270 g/mol. The smallest absolute Gasteiger partial charge is 0.335 e. The van der Waals surface area contributed by atoms with E-state index in [1.807, 2.05) is 0 Å². The standard InChI is InChI=1S/C10H10N2O5S/c1-2-16-10(13)8-9(17-5-11-8)6-3-4-7(18-6)12(14)15/h3-5,8-9H,2H2,1H3. The van der Waals surface area contributed by atoms with E-state index < -0.39 is 23.0 Å². The number of hydrogen-bond donors (Lipinski definition) is 0. The van der Waals surface area contributed by atoms with Crippen LogP contribution < -0.4 is 0 Å². The van der Waals surface area contributed by atoms with Crippen molar-refractivity contribution < 1.29 is 19.2 Å². The highest BCUT2D eigenvalue weighted by molar-refractivity contribution is 7.15. The van der Waals surface area contributed by atoms with Crippen LogP contribution in [0.4, 0.5) is 5.00 Å². The molecule has 18 heavy (non-hydrogen) atoms. The van der Waals surface area contributed by atoms with E-state index in [0.29, 0.717) is 4.88 Å². The number of aliphatic imine (C=N–C) groups is 1. The van der Waals surface area contributed by atoms with Gasteiger partial charge < -0.3 is 9.47 Å². The third kappa shape index (κ3) is 2.33. The monoisotopic (exact) mass is 270 g/mol. The maximum absolute atomic E-state index is 11.6. The number of nitro groups is 1. The van der Waals surface area contributed by atoms with Crippen LogP contribution in [0.1, 0.15) is 17.9 Å². The zero-order valence-electron chi connectivity index (χ0n) is 9.44. The van der Waals surface area contributed by atoms with Crippen LogP contribution in [0.25, 0.3) is 0 Å². The Kier molecular flexibility index (Phi) is 3.56. The Morgan fingerprint density at radius 2 is 2.44 bits per heavy atom. The molecule has 96 valence electrons. The fourth-order valence-corrected chi connectivity index (χ4v) is 2.44. The second-order valence-electron chi connectivity index (χ2n) is 3.44. The predicted molar refractivity (Wildman–Crippen MR) is 63.7 cm³/mol. The Labute approximate surface area is 106 Å². The lowest BCUT2D eigenvalue weighted by Crippen LogP contribution is -2.25. The van der Waals surface area contributed by atoms with Gasteiger partial charge in [0.25, 0.3) is 0 Å². The third-order valence-electron chi connectivity index (χ3n) is 2.32. The number of carbonyl (C=O) groups excluding carboxylic acids is 1. The third-order valence-corrected chi connectivity index (χ3v) is 3.42. The van der Waals surface area contributed by atoms with E-state index in [1.54, 1.807) is 13.0 Å². The van der Waals surface area contributed by atoms with Crippen molar-refractivity contribution in [1.82, 2.24) is 0 Å². The molecule has 0 bridgehead atoms. The van der Waals surface area contributed by atoms with Crippen molar-refractivity contribution in [3.63, 3.8) is 0 Å². The first-order chi connectivity index (χ1) is 8.63. The molecule has 2 unspecified atom stereocenters. The lowest BCUT2D eigenvalue weighted by molar-refractivity contribution is -0.380. The molecule has 2 atom stereocenters. The minimum atomic E-state index is -0.789. The number of carbonyl (C=O) groups is 1. The van der Waals surface area contributed by atoms with Gasteiger partial charge in [0.15, 0.2) is 18.5 Å². The van der Waals surface area contributed by atoms with E-state index in [1.165, 1.54) is 12.5 Å². The molecule has 7 nitrogen and oxygen atoms in total. The minimum Gasteiger partial charge on any atom is -0.472 e. The molecule has 0 N–H and O–H groups in total. The number of hydrogen-bond acceptors (Lipinski definition) is 7. The zero-order chi connectivity index (χ0) is 13.1. The summed E-state index contributed by atoms with van der Waals surface area (Å²) in [6, 6.07) is 2.15. The number of rotatable bonds is 4. The Balaban J connectivity index is 2.16. The second-order valence-corrected chi connectivity index (χ2v) is 4.53. The van der Waals surface area contributed by atoms with Gasteiger partial charge in [-0.2, -0.15) is 0 Å². The average Bonchev–Trinajstić information content (AvgIpc) is 2.98. The van der Waals surface area contributed by atoms with Crippen LogP contribution in [0.15, 0.2) is 17.1 Å². The van der Waals surface area contributed by atoms with Crippen LogP contribution in [-0.4, -0.2) is 29.9 Å². The van der Waals surface area contributed by atoms with Crippen molar-refractivity contribution in [3.8, 4) is 0 Å². The Morgan fingerprint density at radius 1 is 1.67 bits per heavy atom. The molecule has 0 saturated carbocycles. The van der Waals surface area contributed by atoms with Gasteiger partial charge in [0.1, 0.15) is 0 Å². The largest absolute Gasteiger partial charge is 0.472 e. The fraction of sp³-hybridized carbons (Fsp3) is 0.400. The van der Waals surface area contributed by atoms with E-state index in [0.717, 1.165) is 11.3 Å². The molecule has 2 rings (SSSR count). The molecule has 1 aliphatic heterocycles. The van der Waals surface area contributed by atoms with Crippen LogP contribution in [0, 0.1) is 10.1 Å². The second kappa shape index (κ2) is 5.13. The molecule has 0 aliphatic carbocycles. The normalized spacial score (nSPS) is 21.6. The molecule has 1 aromatic rings. The Morgan fingerprint density at radius 3 is 3.06 bits per heavy atom. The van der Waals surface area contributed by atoms with Crippen molar-refractivity contribution in [1.29, 1.82) is 0 Å². The molecule has 1 aromatic heterocycles. The molecule has 0 amide bonds. The molecular formula is C10H10N2O5S. The van der Waals surface area contributed by atoms with Gasteiger partial charge in [-0.3, -0.25) is 10.1 Å². The number of thiophene rings is 1. The fourth-order valence-electron chi connectivity index (χ4n) is 1.55. The highest BCUT2D eigenvalue weighted by Gasteiger charge is 2.36. The highest BCUT2D eigenvalue weighted by Crippen LogP contribution is 2.35. The maximum atomic E-state index is 11.6. The van der Waals surface area contributed by atoms with Gasteiger partial charge in [-0.15, -0.1) is 0 Å². The first-order valence-corrected chi connectivity index (χ1v) is 6.03. The van der Waals surface area contributed by atoms with E-state index in [2.05, 4.69) is 4.99 Å². The van der Waals surface area contributed by atoms with Gasteiger partial charge in [0.05, 0.1) is 16.4 Å². The SMILES string of the molecule is CCOC(=O)C1N=COC1c1ccc([N+](=O)[O-])s1. The molecule has 0 radical (unpaired) electrons. The summed E-state index contributed by atoms with van der Waals surface area (Å²) >= 11 is 0.966. The van der Waals surface area contributed by atoms with Crippen LogP contribution in [-0.2, 0) is 14.3 Å². The molecular weight excluding hydrogens is 260 g/mol. The first kappa shape index (κ1) is 12.5. The van der Waals surface area contributed by atoms with Crippen LogP contribution >= 0.6 is 11.3 Å². The molecule has 0 fully saturated rings. The summed E-state index contributed by atoms with van der Waals surface area (Å²) in [7, 11) is 0. The van der Waals surface area contributed by atoms with Crippen molar-refractivity contribution in [2.45, 2.75) is 19.1 Å². The highest BCUT2D eigenvalue weighted by atomic mass is 32.1. The van der Waals surface area contributed by atoms with E-state index in [4.69, 9.17) is 9.47 Å². The summed E-state index contributed by atoms with van der Waals surface area (Å²) in [4.78, 5) is 26.2. The lowest BCUT2D eigenvalue weighted by Gasteiger charge is -2.13. The zero-order valence-corrected chi connectivity index (χ0v) is 10.3. The van der Waals surface area contributed by atoms with Gasteiger partial charge in [0.2, 0.25) is 0 Å². The van der Waals surface area contributed by atoms with Crippen molar-refractivity contribution in [3.05, 3.63) is 27.1 Å². The minimum absolute atomic E-state index is 0.00288. The van der Waals surface area contributed by atoms with Gasteiger partial charge in [-0.05, 0) is 13.0 Å². The maximum Gasteiger partial charge on any atom is 0.335 e. The van der Waals surface area contributed by atoms with Crippen LogP contribution in [0.5, 0.6) is 0 Å². The molecule has 8 heteroatoms. The summed E-state index contributed by atoms with van der Waals surface area (Å²) in [5.74, 6) is -0.493. The van der Waals surface area contributed by atoms with Crippen LogP contribution in [0.2, 0.25) is 0 Å². The summed E-state index contributed by atoms with van der Waals surface area (Å²) in [6.07, 6.45) is 0.542. The Bertz CT molecular complexity index is 498. The molecule has 0 spiro atoms. The quantitative estimate of drug-likeness (QED) is 0.471. The molecule has 0 aromatic carbocycles. The van der Waals surface area contributed by atoms with Gasteiger partial charge in [0, 0.05) is 6.07 Å². The number of nitrogens with zero attached hydrogens (tertiary/aromatic N) is 2. The van der Waals surface area contributed by atoms with Crippen molar-refractivity contribution >= 4 is 28.7 Å².